The Morgan fingerprint density at radius 1 is 1.44 bits per heavy atom. The van der Waals surface area contributed by atoms with Gasteiger partial charge in [-0.15, -0.1) is 0 Å². The van der Waals surface area contributed by atoms with E-state index < -0.39 is 5.97 Å². The summed E-state index contributed by atoms with van der Waals surface area (Å²) >= 11 is 0. The highest BCUT2D eigenvalue weighted by Crippen LogP contribution is 2.66. The van der Waals surface area contributed by atoms with Gasteiger partial charge in [-0.05, 0) is 18.3 Å². The zero-order valence-electron chi connectivity index (χ0n) is 11.3. The maximum Gasteiger partial charge on any atom is 0.358 e. The molecule has 3 rings (SSSR count). The van der Waals surface area contributed by atoms with Crippen LogP contribution in [0.4, 0.5) is 0 Å². The highest BCUT2D eigenvalue weighted by molar-refractivity contribution is 5.86. The van der Waals surface area contributed by atoms with Crippen LogP contribution in [0.3, 0.4) is 0 Å². The SMILES string of the molecule is COC(=O)c1cnc2c(n1)C1(C)CCC2C1(C)C. The molecule has 2 atom stereocenters. The average molecular weight is 246 g/mol. The first-order valence-electron chi connectivity index (χ1n) is 6.37. The number of esters is 1. The molecule has 0 saturated heterocycles. The summed E-state index contributed by atoms with van der Waals surface area (Å²) in [4.78, 5) is 20.6. The minimum absolute atomic E-state index is 0.0318. The third kappa shape index (κ3) is 1.13. The zero-order valence-corrected chi connectivity index (χ0v) is 11.3. The third-order valence-electron chi connectivity index (χ3n) is 5.27. The summed E-state index contributed by atoms with van der Waals surface area (Å²) in [7, 11) is 1.37. The third-order valence-corrected chi connectivity index (χ3v) is 5.27. The zero-order chi connectivity index (χ0) is 13.1. The molecule has 4 nitrogen and oxygen atoms in total. The Hall–Kier alpha value is -1.45. The van der Waals surface area contributed by atoms with E-state index in [1.165, 1.54) is 13.5 Å². The molecule has 1 fully saturated rings. The van der Waals surface area contributed by atoms with Gasteiger partial charge in [0.05, 0.1) is 24.7 Å². The second-order valence-electron chi connectivity index (χ2n) is 6.13. The number of hydrogen-bond acceptors (Lipinski definition) is 4. The molecule has 2 aliphatic rings. The summed E-state index contributed by atoms with van der Waals surface area (Å²) in [6.45, 7) is 6.81. The molecule has 1 heterocycles. The largest absolute Gasteiger partial charge is 0.464 e. The average Bonchev–Trinajstić information content (AvgIpc) is 2.69. The predicted molar refractivity (Wildman–Crippen MR) is 66.5 cm³/mol. The van der Waals surface area contributed by atoms with E-state index in [-0.39, 0.29) is 10.8 Å². The molecular formula is C14H18N2O2. The quantitative estimate of drug-likeness (QED) is 0.714. The van der Waals surface area contributed by atoms with Gasteiger partial charge < -0.3 is 4.74 Å². The molecule has 0 spiro atoms. The molecule has 18 heavy (non-hydrogen) atoms. The monoisotopic (exact) mass is 246 g/mol. The van der Waals surface area contributed by atoms with E-state index in [1.807, 2.05) is 0 Å². The number of ether oxygens (including phenoxy) is 1. The second kappa shape index (κ2) is 3.31. The van der Waals surface area contributed by atoms with Crippen molar-refractivity contribution in [1.29, 1.82) is 0 Å². The molecule has 4 heteroatoms. The lowest BCUT2D eigenvalue weighted by molar-refractivity contribution is 0.0592. The van der Waals surface area contributed by atoms with Crippen LogP contribution in [0.5, 0.6) is 0 Å². The Kier molecular flexibility index (Phi) is 2.14. The summed E-state index contributed by atoms with van der Waals surface area (Å²) < 4.78 is 4.72. The summed E-state index contributed by atoms with van der Waals surface area (Å²) in [5.41, 5.74) is 2.61. The van der Waals surface area contributed by atoms with Crippen molar-refractivity contribution in [2.45, 2.75) is 44.9 Å². The van der Waals surface area contributed by atoms with Crippen LogP contribution < -0.4 is 0 Å². The summed E-state index contributed by atoms with van der Waals surface area (Å²) in [6, 6.07) is 0. The minimum Gasteiger partial charge on any atom is -0.464 e. The molecule has 2 bridgehead atoms. The number of carbonyl (C=O) groups excluding carboxylic acids is 1. The van der Waals surface area contributed by atoms with Gasteiger partial charge in [-0.3, -0.25) is 4.98 Å². The Morgan fingerprint density at radius 3 is 2.83 bits per heavy atom. The van der Waals surface area contributed by atoms with Crippen LogP contribution in [0.25, 0.3) is 0 Å². The van der Waals surface area contributed by atoms with Crippen LogP contribution in [0.1, 0.15) is 61.4 Å². The van der Waals surface area contributed by atoms with E-state index in [0.29, 0.717) is 11.6 Å². The lowest BCUT2D eigenvalue weighted by atomic mass is 9.70. The molecule has 1 saturated carbocycles. The van der Waals surface area contributed by atoms with Gasteiger partial charge in [0.25, 0.3) is 0 Å². The van der Waals surface area contributed by atoms with Crippen molar-refractivity contribution < 1.29 is 9.53 Å². The van der Waals surface area contributed by atoms with E-state index in [2.05, 4.69) is 30.7 Å². The second-order valence-corrected chi connectivity index (χ2v) is 6.13. The van der Waals surface area contributed by atoms with E-state index in [0.717, 1.165) is 17.8 Å². The van der Waals surface area contributed by atoms with Crippen LogP contribution in [-0.4, -0.2) is 23.0 Å². The standard InChI is InChI=1S/C14H18N2O2/c1-13(2)8-5-6-14(13,3)11-10(8)15-7-9(16-11)12(17)18-4/h7-8H,5-6H2,1-4H3. The number of rotatable bonds is 1. The molecule has 2 unspecified atom stereocenters. The van der Waals surface area contributed by atoms with Crippen molar-refractivity contribution in [3.8, 4) is 0 Å². The van der Waals surface area contributed by atoms with E-state index in [9.17, 15) is 4.79 Å². The fraction of sp³-hybridized carbons (Fsp3) is 0.643. The normalized spacial score (nSPS) is 31.2. The fourth-order valence-electron chi connectivity index (χ4n) is 3.67. The molecule has 2 aliphatic carbocycles. The minimum atomic E-state index is -0.408. The van der Waals surface area contributed by atoms with Gasteiger partial charge in [-0.25, -0.2) is 9.78 Å². The van der Waals surface area contributed by atoms with Crippen molar-refractivity contribution in [1.82, 2.24) is 9.97 Å². The highest BCUT2D eigenvalue weighted by atomic mass is 16.5. The molecule has 96 valence electrons. The first-order valence-corrected chi connectivity index (χ1v) is 6.37. The van der Waals surface area contributed by atoms with Gasteiger partial charge >= 0.3 is 5.97 Å². The molecule has 0 N–H and O–H groups in total. The van der Waals surface area contributed by atoms with Gasteiger partial charge in [0, 0.05) is 11.3 Å². The maximum absolute atomic E-state index is 11.6. The van der Waals surface area contributed by atoms with Gasteiger partial charge in [-0.2, -0.15) is 0 Å². The van der Waals surface area contributed by atoms with Gasteiger partial charge in [-0.1, -0.05) is 20.8 Å². The van der Waals surface area contributed by atoms with Crippen LogP contribution in [0.15, 0.2) is 6.20 Å². The van der Waals surface area contributed by atoms with Crippen molar-refractivity contribution in [2.24, 2.45) is 5.41 Å². The molecule has 1 aromatic heterocycles. The Balaban J connectivity index is 2.16. The molecule has 0 aromatic carbocycles. The summed E-state index contributed by atoms with van der Waals surface area (Å²) in [5, 5.41) is 0. The van der Waals surface area contributed by atoms with Crippen molar-refractivity contribution in [2.75, 3.05) is 7.11 Å². The van der Waals surface area contributed by atoms with Crippen LogP contribution >= 0.6 is 0 Å². The van der Waals surface area contributed by atoms with Crippen LogP contribution in [-0.2, 0) is 10.2 Å². The van der Waals surface area contributed by atoms with Gasteiger partial charge in [0.1, 0.15) is 0 Å². The smallest absolute Gasteiger partial charge is 0.358 e. The molecule has 0 amide bonds. The first kappa shape index (κ1) is 11.6. The number of carbonyl (C=O) groups is 1. The first-order chi connectivity index (χ1) is 8.41. The number of methoxy groups -OCH3 is 1. The van der Waals surface area contributed by atoms with Gasteiger partial charge in [0.2, 0.25) is 0 Å². The number of hydrogen-bond donors (Lipinski definition) is 0. The van der Waals surface area contributed by atoms with E-state index in [4.69, 9.17) is 4.74 Å². The Bertz CT molecular complexity index is 539. The van der Waals surface area contributed by atoms with Crippen LogP contribution in [0, 0.1) is 5.41 Å². The number of nitrogens with zero attached hydrogens (tertiary/aromatic N) is 2. The lowest BCUT2D eigenvalue weighted by Crippen LogP contribution is -2.32. The Labute approximate surface area is 107 Å². The van der Waals surface area contributed by atoms with E-state index in [1.54, 1.807) is 6.20 Å². The van der Waals surface area contributed by atoms with Crippen molar-refractivity contribution in [3.63, 3.8) is 0 Å². The summed E-state index contributed by atoms with van der Waals surface area (Å²) in [6.07, 6.45) is 3.84. The molecule has 1 aromatic rings. The van der Waals surface area contributed by atoms with Crippen molar-refractivity contribution >= 4 is 5.97 Å². The van der Waals surface area contributed by atoms with Crippen molar-refractivity contribution in [3.05, 3.63) is 23.3 Å². The number of aromatic nitrogens is 2. The molecule has 0 radical (unpaired) electrons. The number of fused-ring (bicyclic) bond motifs is 5. The van der Waals surface area contributed by atoms with Crippen LogP contribution in [0.2, 0.25) is 0 Å². The topological polar surface area (TPSA) is 52.1 Å². The Morgan fingerprint density at radius 2 is 2.17 bits per heavy atom. The predicted octanol–water partition coefficient (Wildman–Crippen LogP) is 2.44. The van der Waals surface area contributed by atoms with Gasteiger partial charge in [0.15, 0.2) is 5.69 Å². The maximum atomic E-state index is 11.6. The lowest BCUT2D eigenvalue weighted by Gasteiger charge is -2.34. The van der Waals surface area contributed by atoms with E-state index >= 15 is 0 Å². The highest BCUT2D eigenvalue weighted by Gasteiger charge is 2.61. The summed E-state index contributed by atoms with van der Waals surface area (Å²) in [5.74, 6) is 0.0613. The molecular weight excluding hydrogens is 228 g/mol. The molecule has 0 aliphatic heterocycles. The fourth-order valence-corrected chi connectivity index (χ4v) is 3.67.